The molecule has 5 heteroatoms. The van der Waals surface area contributed by atoms with Gasteiger partial charge in [0.15, 0.2) is 0 Å². The largest absolute Gasteiger partial charge is 0.478 e. The molecule has 1 atom stereocenters. The summed E-state index contributed by atoms with van der Waals surface area (Å²) in [6, 6.07) is 5.55. The summed E-state index contributed by atoms with van der Waals surface area (Å²) in [4.78, 5) is 13.2. The summed E-state index contributed by atoms with van der Waals surface area (Å²) in [7, 11) is 1.99. The van der Waals surface area contributed by atoms with Gasteiger partial charge in [-0.15, -0.1) is 0 Å². The summed E-state index contributed by atoms with van der Waals surface area (Å²) in [5.74, 6) is 0.0282. The third-order valence-electron chi connectivity index (χ3n) is 3.05. The average Bonchev–Trinajstić information content (AvgIpc) is 2.35. The smallest absolute Gasteiger partial charge is 0.337 e. The molecule has 0 aliphatic heterocycles. The molecule has 1 rings (SSSR count). The topological polar surface area (TPSA) is 66.6 Å². The van der Waals surface area contributed by atoms with E-state index in [9.17, 15) is 4.79 Å². The van der Waals surface area contributed by atoms with Crippen molar-refractivity contribution in [3.63, 3.8) is 0 Å². The highest BCUT2D eigenvalue weighted by molar-refractivity contribution is 7.98. The van der Waals surface area contributed by atoms with Crippen molar-refractivity contribution in [1.82, 2.24) is 0 Å². The molecule has 4 nitrogen and oxygen atoms in total. The number of carboxylic acid groups (broad SMARTS) is 1. The summed E-state index contributed by atoms with van der Waals surface area (Å²) in [6.07, 6.45) is 3.09. The maximum absolute atomic E-state index is 11.1. The Morgan fingerprint density at radius 1 is 1.56 bits per heavy atom. The average molecular weight is 268 g/mol. The summed E-state index contributed by atoms with van der Waals surface area (Å²) < 4.78 is 0. The fourth-order valence-electron chi connectivity index (χ4n) is 1.86. The quantitative estimate of drug-likeness (QED) is 0.776. The maximum Gasteiger partial charge on any atom is 0.337 e. The summed E-state index contributed by atoms with van der Waals surface area (Å²) in [5.41, 5.74) is 7.01. The van der Waals surface area contributed by atoms with Gasteiger partial charge < -0.3 is 15.7 Å². The number of nitrogen functional groups attached to an aromatic ring is 1. The first-order valence-electron chi connectivity index (χ1n) is 5.85. The maximum atomic E-state index is 11.1. The Labute approximate surface area is 112 Å². The molecule has 0 radical (unpaired) electrons. The van der Waals surface area contributed by atoms with E-state index in [2.05, 4.69) is 18.1 Å². The monoisotopic (exact) mass is 268 g/mol. The summed E-state index contributed by atoms with van der Waals surface area (Å²) in [5, 5.41) is 9.07. The zero-order chi connectivity index (χ0) is 13.7. The number of hydrogen-bond acceptors (Lipinski definition) is 4. The van der Waals surface area contributed by atoms with Gasteiger partial charge in [-0.05, 0) is 30.9 Å². The molecule has 100 valence electrons. The fraction of sp³-hybridized carbons (Fsp3) is 0.462. The van der Waals surface area contributed by atoms with Crippen LogP contribution >= 0.6 is 11.8 Å². The van der Waals surface area contributed by atoms with E-state index in [0.29, 0.717) is 11.7 Å². The number of carbonyl (C=O) groups is 1. The second-order valence-electron chi connectivity index (χ2n) is 4.21. The van der Waals surface area contributed by atoms with Crippen molar-refractivity contribution >= 4 is 29.1 Å². The van der Waals surface area contributed by atoms with Crippen molar-refractivity contribution in [2.45, 2.75) is 19.4 Å². The van der Waals surface area contributed by atoms with Crippen LogP contribution in [0, 0.1) is 0 Å². The highest BCUT2D eigenvalue weighted by Crippen LogP contribution is 2.23. The van der Waals surface area contributed by atoms with Gasteiger partial charge in [0.25, 0.3) is 0 Å². The molecule has 18 heavy (non-hydrogen) atoms. The number of nitrogens with two attached hydrogens (primary N) is 1. The van der Waals surface area contributed by atoms with Gasteiger partial charge in [0.2, 0.25) is 0 Å². The fourth-order valence-corrected chi connectivity index (χ4v) is 2.70. The van der Waals surface area contributed by atoms with Gasteiger partial charge in [0, 0.05) is 30.2 Å². The predicted octanol–water partition coefficient (Wildman–Crippen LogP) is 2.54. The molecule has 0 fully saturated rings. The lowest BCUT2D eigenvalue weighted by Gasteiger charge is -2.29. The van der Waals surface area contributed by atoms with Gasteiger partial charge in [0.1, 0.15) is 0 Å². The SMILES string of the molecule is CCC(CSC)N(C)c1ccc(N)c(C(=O)O)c1. The third kappa shape index (κ3) is 3.32. The Morgan fingerprint density at radius 2 is 2.22 bits per heavy atom. The minimum atomic E-state index is -0.985. The van der Waals surface area contributed by atoms with E-state index in [0.717, 1.165) is 17.9 Å². The molecule has 0 amide bonds. The van der Waals surface area contributed by atoms with Gasteiger partial charge in [0.05, 0.1) is 5.56 Å². The lowest BCUT2D eigenvalue weighted by atomic mass is 10.1. The molecule has 1 aromatic carbocycles. The zero-order valence-corrected chi connectivity index (χ0v) is 11.8. The summed E-state index contributed by atoms with van der Waals surface area (Å²) >= 11 is 1.79. The van der Waals surface area contributed by atoms with E-state index in [4.69, 9.17) is 10.8 Å². The van der Waals surface area contributed by atoms with Crippen LogP contribution in [-0.2, 0) is 0 Å². The molecule has 3 N–H and O–H groups in total. The molecule has 0 aliphatic rings. The lowest BCUT2D eigenvalue weighted by molar-refractivity contribution is 0.0698. The predicted molar refractivity (Wildman–Crippen MR) is 78.7 cm³/mol. The zero-order valence-electron chi connectivity index (χ0n) is 11.0. The van der Waals surface area contributed by atoms with Gasteiger partial charge in [-0.25, -0.2) is 4.79 Å². The van der Waals surface area contributed by atoms with Gasteiger partial charge in [-0.1, -0.05) is 6.92 Å². The highest BCUT2D eigenvalue weighted by Gasteiger charge is 2.15. The number of thioether (sulfide) groups is 1. The van der Waals surface area contributed by atoms with E-state index in [1.54, 1.807) is 23.9 Å². The first kappa shape index (κ1) is 14.7. The molecular formula is C13H20N2O2S. The summed E-state index contributed by atoms with van der Waals surface area (Å²) in [6.45, 7) is 2.13. The minimum absolute atomic E-state index is 0.165. The van der Waals surface area contributed by atoms with Crippen molar-refractivity contribution in [3.05, 3.63) is 23.8 Å². The Morgan fingerprint density at radius 3 is 2.72 bits per heavy atom. The van der Waals surface area contributed by atoms with E-state index < -0.39 is 5.97 Å². The van der Waals surface area contributed by atoms with Crippen molar-refractivity contribution in [1.29, 1.82) is 0 Å². The van der Waals surface area contributed by atoms with Gasteiger partial charge >= 0.3 is 5.97 Å². The van der Waals surface area contributed by atoms with E-state index >= 15 is 0 Å². The van der Waals surface area contributed by atoms with Gasteiger partial charge in [-0.2, -0.15) is 11.8 Å². The molecule has 0 saturated heterocycles. The van der Waals surface area contributed by atoms with Crippen LogP contribution in [0.4, 0.5) is 11.4 Å². The number of hydrogen-bond donors (Lipinski definition) is 2. The van der Waals surface area contributed by atoms with Crippen LogP contribution in [0.2, 0.25) is 0 Å². The van der Waals surface area contributed by atoms with Crippen LogP contribution in [0.3, 0.4) is 0 Å². The van der Waals surface area contributed by atoms with Crippen LogP contribution in [0.1, 0.15) is 23.7 Å². The van der Waals surface area contributed by atoms with Crippen LogP contribution < -0.4 is 10.6 Å². The first-order chi connectivity index (χ1) is 8.51. The second-order valence-corrected chi connectivity index (χ2v) is 5.12. The second kappa shape index (κ2) is 6.54. The molecule has 0 saturated carbocycles. The van der Waals surface area contributed by atoms with Crippen LogP contribution in [0.5, 0.6) is 0 Å². The third-order valence-corrected chi connectivity index (χ3v) is 3.77. The molecule has 0 aromatic heterocycles. The normalized spacial score (nSPS) is 12.2. The molecule has 0 spiro atoms. The molecular weight excluding hydrogens is 248 g/mol. The van der Waals surface area contributed by atoms with Crippen LogP contribution in [0.25, 0.3) is 0 Å². The van der Waals surface area contributed by atoms with Crippen LogP contribution in [0.15, 0.2) is 18.2 Å². The van der Waals surface area contributed by atoms with Crippen molar-refractivity contribution < 1.29 is 9.90 Å². The van der Waals surface area contributed by atoms with Crippen LogP contribution in [-0.4, -0.2) is 36.2 Å². The first-order valence-corrected chi connectivity index (χ1v) is 7.25. The van der Waals surface area contributed by atoms with Crippen molar-refractivity contribution in [2.75, 3.05) is 29.7 Å². The molecule has 1 unspecified atom stereocenters. The highest BCUT2D eigenvalue weighted by atomic mass is 32.2. The molecule has 0 heterocycles. The number of carboxylic acids is 1. The standard InChI is InChI=1S/C13H20N2O2S/c1-4-9(8-18-3)15(2)10-5-6-12(14)11(7-10)13(16)17/h5-7,9H,4,8,14H2,1-3H3,(H,16,17). The number of anilines is 2. The number of nitrogens with zero attached hydrogens (tertiary/aromatic N) is 1. The minimum Gasteiger partial charge on any atom is -0.478 e. The number of benzene rings is 1. The van der Waals surface area contributed by atoms with Crippen molar-refractivity contribution in [2.24, 2.45) is 0 Å². The Bertz CT molecular complexity index is 423. The van der Waals surface area contributed by atoms with Gasteiger partial charge in [-0.3, -0.25) is 0 Å². The molecule has 0 aliphatic carbocycles. The lowest BCUT2D eigenvalue weighted by Crippen LogP contribution is -2.33. The van der Waals surface area contributed by atoms with E-state index in [-0.39, 0.29) is 5.56 Å². The van der Waals surface area contributed by atoms with Crippen molar-refractivity contribution in [3.8, 4) is 0 Å². The Kier molecular flexibility index (Phi) is 5.34. The number of aromatic carboxylic acids is 1. The Hall–Kier alpha value is -1.36. The molecule has 1 aromatic rings. The number of rotatable bonds is 6. The Balaban J connectivity index is 3.02. The van der Waals surface area contributed by atoms with E-state index in [1.165, 1.54) is 0 Å². The van der Waals surface area contributed by atoms with E-state index in [1.807, 2.05) is 13.1 Å². The molecule has 0 bridgehead atoms.